The minimum absolute atomic E-state index is 0.0320. The van der Waals surface area contributed by atoms with Gasteiger partial charge in [-0.3, -0.25) is 15.5 Å². The molecule has 0 heterocycles. The second-order valence-electron chi connectivity index (χ2n) is 8.64. The average Bonchev–Trinajstić information content (AvgIpc) is 2.70. The molecule has 0 amide bonds. The molecular weight excluding hydrogens is 386 g/mol. The zero-order valence-corrected chi connectivity index (χ0v) is 19.2. The summed E-state index contributed by atoms with van der Waals surface area (Å²) in [4.78, 5) is 10.4. The van der Waals surface area contributed by atoms with Crippen LogP contribution in [0, 0.1) is 15.5 Å². The smallest absolute Gasteiger partial charge is 0.271 e. The first-order valence-electron chi connectivity index (χ1n) is 10.6. The molecule has 1 aromatic rings. The number of hydrogen-bond acceptors (Lipinski definition) is 4. The molecule has 0 radical (unpaired) electrons. The minimum atomic E-state index is -0.428. The molecule has 1 N–H and O–H groups in total. The molecule has 1 aromatic carbocycles. The monoisotopic (exact) mass is 419 g/mol. The van der Waals surface area contributed by atoms with E-state index in [1.165, 1.54) is 48.1 Å². The molecule has 31 heavy (non-hydrogen) atoms. The highest BCUT2D eigenvalue weighted by molar-refractivity contribution is 5.73. The summed E-state index contributed by atoms with van der Waals surface area (Å²) in [5.74, 6) is 0. The summed E-state index contributed by atoms with van der Waals surface area (Å²) in [5.41, 5.74) is 8.88. The molecule has 0 aromatic heterocycles. The van der Waals surface area contributed by atoms with Gasteiger partial charge in [0.25, 0.3) is 5.69 Å². The van der Waals surface area contributed by atoms with Crippen molar-refractivity contribution in [2.45, 2.75) is 53.9 Å². The maximum absolute atomic E-state index is 10.8. The number of nitro benzene ring substituents is 1. The maximum Gasteiger partial charge on any atom is 0.271 e. The normalized spacial score (nSPS) is 17.8. The van der Waals surface area contributed by atoms with Crippen molar-refractivity contribution in [1.82, 2.24) is 0 Å². The molecular formula is C26H33N3O2. The molecule has 0 aliphatic heterocycles. The summed E-state index contributed by atoms with van der Waals surface area (Å²) < 4.78 is 0. The van der Waals surface area contributed by atoms with Crippen molar-refractivity contribution in [3.63, 3.8) is 0 Å². The highest BCUT2D eigenvalue weighted by Gasteiger charge is 2.26. The van der Waals surface area contributed by atoms with Crippen LogP contribution in [0.2, 0.25) is 0 Å². The number of nitrogens with zero attached hydrogens (tertiary/aromatic N) is 2. The molecule has 5 nitrogen and oxygen atoms in total. The highest BCUT2D eigenvalue weighted by atomic mass is 16.6. The van der Waals surface area contributed by atoms with Crippen LogP contribution in [0.1, 0.15) is 53.9 Å². The summed E-state index contributed by atoms with van der Waals surface area (Å²) in [6.07, 6.45) is 17.9. The molecule has 0 bridgehead atoms. The van der Waals surface area contributed by atoms with Crippen LogP contribution in [0.4, 0.5) is 11.4 Å². The van der Waals surface area contributed by atoms with E-state index < -0.39 is 4.92 Å². The third-order valence-corrected chi connectivity index (χ3v) is 5.44. The first kappa shape index (κ1) is 24.1. The van der Waals surface area contributed by atoms with E-state index >= 15 is 0 Å². The molecule has 1 aliphatic rings. The van der Waals surface area contributed by atoms with E-state index in [0.717, 1.165) is 5.57 Å². The first-order chi connectivity index (χ1) is 14.7. The Labute approximate surface area is 185 Å². The quantitative estimate of drug-likeness (QED) is 0.205. The van der Waals surface area contributed by atoms with Crippen molar-refractivity contribution in [1.29, 1.82) is 0 Å². The number of hydrazone groups is 1. The topological polar surface area (TPSA) is 67.5 Å². The number of non-ortho nitro benzene ring substituents is 1. The lowest BCUT2D eigenvalue weighted by Gasteiger charge is -2.32. The summed E-state index contributed by atoms with van der Waals surface area (Å²) in [6, 6.07) is 6.24. The fraction of sp³-hybridized carbons (Fsp3) is 0.346. The van der Waals surface area contributed by atoms with Crippen LogP contribution >= 0.6 is 0 Å². The number of allylic oxidation sites excluding steroid dienone is 10. The van der Waals surface area contributed by atoms with Gasteiger partial charge in [-0.2, -0.15) is 5.10 Å². The number of nitrogens with one attached hydrogen (secondary N) is 1. The molecule has 5 heteroatoms. The Morgan fingerprint density at radius 2 is 1.94 bits per heavy atom. The predicted octanol–water partition coefficient (Wildman–Crippen LogP) is 7.52. The number of benzene rings is 1. The van der Waals surface area contributed by atoms with Gasteiger partial charge >= 0.3 is 0 Å². The van der Waals surface area contributed by atoms with Crippen LogP contribution in [0.25, 0.3) is 0 Å². The van der Waals surface area contributed by atoms with Gasteiger partial charge in [0.15, 0.2) is 0 Å². The van der Waals surface area contributed by atoms with E-state index in [1.807, 2.05) is 25.2 Å². The van der Waals surface area contributed by atoms with Crippen molar-refractivity contribution >= 4 is 17.6 Å². The van der Waals surface area contributed by atoms with Gasteiger partial charge in [0.2, 0.25) is 0 Å². The van der Waals surface area contributed by atoms with Gasteiger partial charge in [0.05, 0.1) is 10.6 Å². The van der Waals surface area contributed by atoms with Crippen molar-refractivity contribution in [3.8, 4) is 0 Å². The largest absolute Gasteiger partial charge is 0.278 e. The van der Waals surface area contributed by atoms with Gasteiger partial charge in [0.1, 0.15) is 0 Å². The fourth-order valence-corrected chi connectivity index (χ4v) is 3.64. The summed E-state index contributed by atoms with van der Waals surface area (Å²) in [7, 11) is 0. The van der Waals surface area contributed by atoms with Crippen LogP contribution in [0.15, 0.2) is 88.1 Å². The SMILES string of the molecule is CC(C=CC1=C(C)CCCC1(C)C)=CC=CC(C)=CC=NNc1cccc([N+](=O)[O-])c1. The number of hydrogen-bond donors (Lipinski definition) is 1. The predicted molar refractivity (Wildman–Crippen MR) is 131 cm³/mol. The second kappa shape index (κ2) is 11.3. The average molecular weight is 420 g/mol. The second-order valence-corrected chi connectivity index (χ2v) is 8.64. The van der Waals surface area contributed by atoms with E-state index in [2.05, 4.69) is 56.5 Å². The van der Waals surface area contributed by atoms with Crippen LogP contribution in [-0.4, -0.2) is 11.1 Å². The van der Waals surface area contributed by atoms with Crippen LogP contribution in [0.5, 0.6) is 0 Å². The molecule has 0 atom stereocenters. The van der Waals surface area contributed by atoms with Gasteiger partial charge in [-0.05, 0) is 68.7 Å². The van der Waals surface area contributed by atoms with Gasteiger partial charge in [-0.1, -0.05) is 61.4 Å². The number of rotatable bonds is 8. The molecule has 0 saturated carbocycles. The summed E-state index contributed by atoms with van der Waals surface area (Å²) in [5, 5.41) is 14.9. The summed E-state index contributed by atoms with van der Waals surface area (Å²) >= 11 is 0. The van der Waals surface area contributed by atoms with Crippen LogP contribution in [0.3, 0.4) is 0 Å². The van der Waals surface area contributed by atoms with Crippen LogP contribution < -0.4 is 5.43 Å². The Bertz CT molecular complexity index is 976. The molecule has 1 aliphatic carbocycles. The third-order valence-electron chi connectivity index (χ3n) is 5.44. The van der Waals surface area contributed by atoms with Gasteiger partial charge in [-0.15, -0.1) is 0 Å². The lowest BCUT2D eigenvalue weighted by Crippen LogP contribution is -2.19. The van der Waals surface area contributed by atoms with E-state index in [0.29, 0.717) is 5.69 Å². The Kier molecular flexibility index (Phi) is 8.74. The Morgan fingerprint density at radius 3 is 2.65 bits per heavy atom. The van der Waals surface area contributed by atoms with Gasteiger partial charge < -0.3 is 0 Å². The van der Waals surface area contributed by atoms with E-state index in [1.54, 1.807) is 18.3 Å². The standard InChI is InChI=1S/C26H33N3O2/c1-20(14-15-25-22(3)11-8-17-26(25,4)5)9-6-10-21(2)16-18-27-28-23-12-7-13-24(19-23)29(30)31/h6-7,9-10,12-16,18-19,28H,8,11,17H2,1-5H3. The zero-order valence-electron chi connectivity index (χ0n) is 19.2. The Morgan fingerprint density at radius 1 is 1.19 bits per heavy atom. The molecule has 164 valence electrons. The van der Waals surface area contributed by atoms with E-state index in [-0.39, 0.29) is 11.1 Å². The first-order valence-corrected chi connectivity index (χ1v) is 10.6. The van der Waals surface area contributed by atoms with Crippen molar-refractivity contribution < 1.29 is 4.92 Å². The zero-order chi connectivity index (χ0) is 22.9. The number of anilines is 1. The highest BCUT2D eigenvalue weighted by Crippen LogP contribution is 2.40. The third kappa shape index (κ3) is 7.85. The Balaban J connectivity index is 1.91. The van der Waals surface area contributed by atoms with Gasteiger partial charge in [-0.25, -0.2) is 0 Å². The molecule has 0 saturated heterocycles. The van der Waals surface area contributed by atoms with Gasteiger partial charge in [0, 0.05) is 18.3 Å². The van der Waals surface area contributed by atoms with Crippen molar-refractivity contribution in [2.75, 3.05) is 5.43 Å². The van der Waals surface area contributed by atoms with Crippen LogP contribution in [-0.2, 0) is 0 Å². The Hall–Kier alpha value is -3.21. The minimum Gasteiger partial charge on any atom is -0.278 e. The lowest BCUT2D eigenvalue weighted by molar-refractivity contribution is -0.384. The molecule has 0 fully saturated rings. The van der Waals surface area contributed by atoms with Crippen molar-refractivity contribution in [3.05, 3.63) is 93.1 Å². The van der Waals surface area contributed by atoms with Crippen molar-refractivity contribution in [2.24, 2.45) is 10.5 Å². The van der Waals surface area contributed by atoms with E-state index in [9.17, 15) is 10.1 Å². The maximum atomic E-state index is 10.8. The molecule has 0 unspecified atom stereocenters. The summed E-state index contributed by atoms with van der Waals surface area (Å²) in [6.45, 7) is 11.0. The van der Waals surface area contributed by atoms with E-state index in [4.69, 9.17) is 0 Å². The molecule has 2 rings (SSSR count). The number of nitro groups is 1. The lowest BCUT2D eigenvalue weighted by atomic mass is 9.72. The fourth-order valence-electron chi connectivity index (χ4n) is 3.64. The molecule has 0 spiro atoms.